The van der Waals surface area contributed by atoms with Gasteiger partial charge in [0.15, 0.2) is 5.11 Å². The molecule has 0 aliphatic carbocycles. The molecule has 0 bridgehead atoms. The van der Waals surface area contributed by atoms with Crippen LogP contribution in [0.4, 0.5) is 5.69 Å². The lowest BCUT2D eigenvalue weighted by molar-refractivity contribution is -0.143. The highest BCUT2D eigenvalue weighted by Gasteiger charge is 2.32. The summed E-state index contributed by atoms with van der Waals surface area (Å²) < 4.78 is 0. The molecule has 1 rings (SSSR count). The highest BCUT2D eigenvalue weighted by atomic mass is 35.5. The van der Waals surface area contributed by atoms with Crippen LogP contribution in [0, 0.1) is 0 Å². The molecule has 1 atom stereocenters. The molecule has 0 aliphatic heterocycles. The molecule has 1 aromatic rings. The molecular weight excluding hydrogens is 435 g/mol. The van der Waals surface area contributed by atoms with Crippen LogP contribution >= 0.6 is 47.8 Å². The molecule has 0 saturated carbocycles. The fourth-order valence-electron chi connectivity index (χ4n) is 2.25. The average molecular weight is 459 g/mol. The smallest absolute Gasteiger partial charge is 0.451 e. The number of halogens is 3. The Kier molecular flexibility index (Phi) is 12.2. The summed E-state index contributed by atoms with van der Waals surface area (Å²) in [6.07, 6.45) is 1.53. The van der Waals surface area contributed by atoms with Gasteiger partial charge < -0.3 is 31.5 Å². The van der Waals surface area contributed by atoms with Gasteiger partial charge in [-0.15, -0.1) is 12.4 Å². The molecule has 1 unspecified atom stereocenters. The van der Waals surface area contributed by atoms with Gasteiger partial charge >= 0.3 is 13.1 Å². The van der Waals surface area contributed by atoms with Gasteiger partial charge in [-0.05, 0) is 49.6 Å². The van der Waals surface area contributed by atoms with Gasteiger partial charge in [0.05, 0.1) is 10.0 Å². The van der Waals surface area contributed by atoms with Gasteiger partial charge in [0, 0.05) is 12.2 Å². The molecule has 0 aromatic heterocycles. The second-order valence-electron chi connectivity index (χ2n) is 5.95. The molecule has 12 heteroatoms. The monoisotopic (exact) mass is 457 g/mol. The predicted molar refractivity (Wildman–Crippen MR) is 116 cm³/mol. The summed E-state index contributed by atoms with van der Waals surface area (Å²) in [5.74, 6) is -1.10. The van der Waals surface area contributed by atoms with Crippen LogP contribution in [0.5, 0.6) is 0 Å². The Bertz CT molecular complexity index is 642. The van der Waals surface area contributed by atoms with Crippen molar-refractivity contribution in [2.75, 3.05) is 11.9 Å². The molecule has 7 N–H and O–H groups in total. The lowest BCUT2D eigenvalue weighted by atomic mass is 9.81. The molecule has 0 saturated heterocycles. The zero-order valence-corrected chi connectivity index (χ0v) is 17.6. The Balaban J connectivity index is 0.00000676. The SMILES string of the molecule is Cl.NC(CCCCB(O)O)(CCNC(=S)Nc1ccc(Cl)c(Cl)c1)C(=O)O. The van der Waals surface area contributed by atoms with Crippen LogP contribution in [0.15, 0.2) is 18.2 Å². The molecule has 27 heavy (non-hydrogen) atoms. The van der Waals surface area contributed by atoms with E-state index in [0.717, 1.165) is 0 Å². The first-order valence-electron chi connectivity index (χ1n) is 8.02. The van der Waals surface area contributed by atoms with Crippen molar-refractivity contribution in [1.29, 1.82) is 0 Å². The van der Waals surface area contributed by atoms with Crippen LogP contribution in [0.2, 0.25) is 16.4 Å². The summed E-state index contributed by atoms with van der Waals surface area (Å²) in [7, 11) is -1.39. The van der Waals surface area contributed by atoms with Crippen molar-refractivity contribution in [3.8, 4) is 0 Å². The first-order chi connectivity index (χ1) is 12.1. The number of benzene rings is 1. The Hall–Kier alpha value is -0.805. The molecule has 1 aromatic carbocycles. The number of nitrogens with two attached hydrogens (primary N) is 1. The number of carboxylic acid groups (broad SMARTS) is 1. The molecule has 0 fully saturated rings. The zero-order chi connectivity index (χ0) is 19.7. The number of aliphatic carboxylic acids is 1. The minimum Gasteiger partial charge on any atom is -0.480 e. The van der Waals surface area contributed by atoms with Crippen molar-refractivity contribution in [1.82, 2.24) is 5.32 Å². The third-order valence-corrected chi connectivity index (χ3v) is 4.78. The summed E-state index contributed by atoms with van der Waals surface area (Å²) in [6, 6.07) is 4.97. The topological polar surface area (TPSA) is 128 Å². The average Bonchev–Trinajstić information content (AvgIpc) is 2.54. The molecule has 0 heterocycles. The van der Waals surface area contributed by atoms with Gasteiger partial charge in [0.1, 0.15) is 5.54 Å². The van der Waals surface area contributed by atoms with E-state index in [0.29, 0.717) is 33.7 Å². The minimum atomic E-state index is -1.41. The van der Waals surface area contributed by atoms with Crippen LogP contribution in [-0.4, -0.2) is 45.4 Å². The number of rotatable bonds is 10. The summed E-state index contributed by atoms with van der Waals surface area (Å²) in [4.78, 5) is 11.5. The predicted octanol–water partition coefficient (Wildman–Crippen LogP) is 2.52. The molecule has 0 spiro atoms. The molecular formula is C15H23BCl3N3O4S. The van der Waals surface area contributed by atoms with Crippen molar-refractivity contribution in [2.24, 2.45) is 5.73 Å². The highest BCUT2D eigenvalue weighted by Crippen LogP contribution is 2.25. The van der Waals surface area contributed by atoms with E-state index >= 15 is 0 Å². The maximum Gasteiger partial charge on any atom is 0.451 e. The van der Waals surface area contributed by atoms with Crippen LogP contribution in [0.1, 0.15) is 25.7 Å². The zero-order valence-electron chi connectivity index (χ0n) is 14.5. The first kappa shape index (κ1) is 26.2. The molecule has 0 radical (unpaired) electrons. The maximum atomic E-state index is 11.5. The Morgan fingerprint density at radius 1 is 1.22 bits per heavy atom. The Labute approximate surface area is 180 Å². The quantitative estimate of drug-likeness (QED) is 0.179. The summed E-state index contributed by atoms with van der Waals surface area (Å²) in [6.45, 7) is 0.262. The van der Waals surface area contributed by atoms with E-state index in [1.165, 1.54) is 0 Å². The third-order valence-electron chi connectivity index (χ3n) is 3.80. The van der Waals surface area contributed by atoms with Crippen molar-refractivity contribution in [3.63, 3.8) is 0 Å². The van der Waals surface area contributed by atoms with E-state index < -0.39 is 18.6 Å². The number of hydrogen-bond donors (Lipinski definition) is 6. The number of carbonyl (C=O) groups is 1. The van der Waals surface area contributed by atoms with Crippen LogP contribution in [0.3, 0.4) is 0 Å². The van der Waals surface area contributed by atoms with Gasteiger partial charge in [-0.2, -0.15) is 0 Å². The van der Waals surface area contributed by atoms with E-state index in [4.69, 9.17) is 51.2 Å². The second-order valence-corrected chi connectivity index (χ2v) is 7.17. The number of carboxylic acids is 1. The maximum absolute atomic E-state index is 11.5. The normalized spacial score (nSPS) is 12.5. The van der Waals surface area contributed by atoms with Crippen molar-refractivity contribution >= 4 is 71.7 Å². The molecule has 0 aliphatic rings. The van der Waals surface area contributed by atoms with E-state index in [1.807, 2.05) is 0 Å². The largest absolute Gasteiger partial charge is 0.480 e. The number of unbranched alkanes of at least 4 members (excludes halogenated alkanes) is 1. The molecule has 0 amide bonds. The van der Waals surface area contributed by atoms with E-state index in [2.05, 4.69) is 10.6 Å². The summed E-state index contributed by atoms with van der Waals surface area (Å²) in [5, 5.41) is 33.9. The van der Waals surface area contributed by atoms with Crippen molar-refractivity contribution in [3.05, 3.63) is 28.2 Å². The van der Waals surface area contributed by atoms with E-state index in [-0.39, 0.29) is 38.1 Å². The molecule has 152 valence electrons. The number of thiocarbonyl (C=S) groups is 1. The van der Waals surface area contributed by atoms with E-state index in [9.17, 15) is 9.90 Å². The molecule has 7 nitrogen and oxygen atoms in total. The standard InChI is InChI=1S/C15H22BCl2N3O4S.ClH/c17-11-4-3-10(9-12(11)18)21-14(26)20-8-6-15(19,13(22)23)5-1-2-7-16(24)25;/h3-4,9,24-25H,1-2,5-8,19H2,(H,22,23)(H2,20,21,26);1H. The van der Waals surface area contributed by atoms with Crippen molar-refractivity contribution in [2.45, 2.75) is 37.5 Å². The summed E-state index contributed by atoms with van der Waals surface area (Å²) in [5.41, 5.74) is 5.21. The van der Waals surface area contributed by atoms with Crippen LogP contribution in [-0.2, 0) is 4.79 Å². The number of nitrogens with one attached hydrogen (secondary N) is 2. The lowest BCUT2D eigenvalue weighted by Crippen LogP contribution is -2.50. The van der Waals surface area contributed by atoms with Crippen molar-refractivity contribution < 1.29 is 19.9 Å². The van der Waals surface area contributed by atoms with Gasteiger partial charge in [0.25, 0.3) is 0 Å². The minimum absolute atomic E-state index is 0. The first-order valence-corrected chi connectivity index (χ1v) is 9.19. The van der Waals surface area contributed by atoms with Gasteiger partial charge in [-0.1, -0.05) is 36.0 Å². The Morgan fingerprint density at radius 2 is 1.89 bits per heavy atom. The van der Waals surface area contributed by atoms with Crippen LogP contribution < -0.4 is 16.4 Å². The second kappa shape index (κ2) is 12.6. The van der Waals surface area contributed by atoms with E-state index in [1.54, 1.807) is 18.2 Å². The van der Waals surface area contributed by atoms with Gasteiger partial charge in [0.2, 0.25) is 0 Å². The van der Waals surface area contributed by atoms with Gasteiger partial charge in [-0.25, -0.2) is 0 Å². The fourth-order valence-corrected chi connectivity index (χ4v) is 2.77. The summed E-state index contributed by atoms with van der Waals surface area (Å²) >= 11 is 16.9. The lowest BCUT2D eigenvalue weighted by Gasteiger charge is -2.25. The number of hydrogen-bond acceptors (Lipinski definition) is 5. The third kappa shape index (κ3) is 9.80. The Morgan fingerprint density at radius 3 is 2.44 bits per heavy atom. The van der Waals surface area contributed by atoms with Gasteiger partial charge in [-0.3, -0.25) is 4.79 Å². The fraction of sp³-hybridized carbons (Fsp3) is 0.467. The number of anilines is 1. The highest BCUT2D eigenvalue weighted by molar-refractivity contribution is 7.80. The van der Waals surface area contributed by atoms with Crippen LogP contribution in [0.25, 0.3) is 0 Å².